The Labute approximate surface area is 111 Å². The van der Waals surface area contributed by atoms with Crippen LogP contribution in [0.2, 0.25) is 0 Å². The van der Waals surface area contributed by atoms with E-state index in [4.69, 9.17) is 0 Å². The molecule has 18 heavy (non-hydrogen) atoms. The molecular formula is C16H26N2. The van der Waals surface area contributed by atoms with Crippen molar-refractivity contribution in [2.45, 2.75) is 45.1 Å². The second kappa shape index (κ2) is 6.79. The van der Waals surface area contributed by atoms with Crippen LogP contribution in [0.25, 0.3) is 0 Å². The van der Waals surface area contributed by atoms with E-state index < -0.39 is 0 Å². The van der Waals surface area contributed by atoms with Gasteiger partial charge in [-0.15, -0.1) is 0 Å². The highest BCUT2D eigenvalue weighted by Gasteiger charge is 2.18. The van der Waals surface area contributed by atoms with Gasteiger partial charge in [-0.05, 0) is 50.4 Å². The van der Waals surface area contributed by atoms with Crippen molar-refractivity contribution >= 4 is 5.69 Å². The van der Waals surface area contributed by atoms with E-state index in [0.29, 0.717) is 6.04 Å². The summed E-state index contributed by atoms with van der Waals surface area (Å²) in [5.74, 6) is 0. The van der Waals surface area contributed by atoms with Crippen LogP contribution in [0, 0.1) is 0 Å². The zero-order valence-electron chi connectivity index (χ0n) is 11.8. The number of nitrogens with zero attached hydrogens (tertiary/aromatic N) is 1. The Balaban J connectivity index is 1.96. The quantitative estimate of drug-likeness (QED) is 0.858. The van der Waals surface area contributed by atoms with Crippen molar-refractivity contribution in [1.82, 2.24) is 5.32 Å². The fraction of sp³-hybridized carbons (Fsp3) is 0.625. The van der Waals surface area contributed by atoms with Crippen LogP contribution in [0.4, 0.5) is 5.69 Å². The summed E-state index contributed by atoms with van der Waals surface area (Å²) in [6.45, 7) is 4.59. The summed E-state index contributed by atoms with van der Waals surface area (Å²) in [6.07, 6.45) is 6.39. The van der Waals surface area contributed by atoms with Gasteiger partial charge < -0.3 is 10.2 Å². The summed E-state index contributed by atoms with van der Waals surface area (Å²) in [4.78, 5) is 2.51. The molecule has 2 rings (SSSR count). The highest BCUT2D eigenvalue weighted by molar-refractivity contribution is 5.48. The summed E-state index contributed by atoms with van der Waals surface area (Å²) in [5, 5.41) is 3.40. The number of hydrogen-bond acceptors (Lipinski definition) is 2. The van der Waals surface area contributed by atoms with E-state index in [1.807, 2.05) is 0 Å². The minimum Gasteiger partial charge on any atom is -0.370 e. The summed E-state index contributed by atoms with van der Waals surface area (Å²) < 4.78 is 0. The molecule has 1 atom stereocenters. The number of piperidine rings is 1. The molecule has 1 heterocycles. The van der Waals surface area contributed by atoms with Crippen molar-refractivity contribution in [1.29, 1.82) is 0 Å². The van der Waals surface area contributed by atoms with Crippen LogP contribution in [0.3, 0.4) is 0 Å². The SMILES string of the molecule is CCCCc1ccc(N2CCCC(NC)C2)cc1. The number of aryl methyl sites for hydroxylation is 1. The molecule has 0 saturated carbocycles. The smallest absolute Gasteiger partial charge is 0.0366 e. The number of rotatable bonds is 5. The molecule has 1 N–H and O–H groups in total. The predicted molar refractivity (Wildman–Crippen MR) is 79.3 cm³/mol. The molecule has 2 nitrogen and oxygen atoms in total. The lowest BCUT2D eigenvalue weighted by Crippen LogP contribution is -2.44. The number of likely N-dealkylation sites (N-methyl/N-ethyl adjacent to an activating group) is 1. The fourth-order valence-electron chi connectivity index (χ4n) is 2.70. The van der Waals surface area contributed by atoms with Gasteiger partial charge in [0.05, 0.1) is 0 Å². The first-order chi connectivity index (χ1) is 8.83. The molecule has 100 valence electrons. The zero-order chi connectivity index (χ0) is 12.8. The predicted octanol–water partition coefficient (Wildman–Crippen LogP) is 3.22. The lowest BCUT2D eigenvalue weighted by Gasteiger charge is -2.34. The van der Waals surface area contributed by atoms with Gasteiger partial charge in [0, 0.05) is 24.8 Å². The summed E-state index contributed by atoms with van der Waals surface area (Å²) >= 11 is 0. The average Bonchev–Trinajstić information content (AvgIpc) is 2.46. The molecule has 1 unspecified atom stereocenters. The van der Waals surface area contributed by atoms with Crippen molar-refractivity contribution < 1.29 is 0 Å². The summed E-state index contributed by atoms with van der Waals surface area (Å²) in [7, 11) is 2.07. The van der Waals surface area contributed by atoms with E-state index in [2.05, 4.69) is 48.5 Å². The van der Waals surface area contributed by atoms with E-state index in [0.717, 1.165) is 6.54 Å². The molecule has 2 heteroatoms. The number of nitrogens with one attached hydrogen (secondary N) is 1. The Hall–Kier alpha value is -1.02. The van der Waals surface area contributed by atoms with E-state index in [1.54, 1.807) is 0 Å². The minimum atomic E-state index is 0.651. The maximum Gasteiger partial charge on any atom is 0.0366 e. The highest BCUT2D eigenvalue weighted by Crippen LogP contribution is 2.21. The topological polar surface area (TPSA) is 15.3 Å². The normalized spacial score (nSPS) is 20.1. The molecule has 1 aromatic carbocycles. The molecule has 0 bridgehead atoms. The third-order valence-electron chi connectivity index (χ3n) is 3.95. The third kappa shape index (κ3) is 3.49. The van der Waals surface area contributed by atoms with Crippen LogP contribution < -0.4 is 10.2 Å². The molecular weight excluding hydrogens is 220 g/mol. The van der Waals surface area contributed by atoms with E-state index in [-0.39, 0.29) is 0 Å². The molecule has 1 saturated heterocycles. The van der Waals surface area contributed by atoms with Gasteiger partial charge in [0.2, 0.25) is 0 Å². The monoisotopic (exact) mass is 246 g/mol. The minimum absolute atomic E-state index is 0.651. The number of benzene rings is 1. The maximum atomic E-state index is 3.40. The van der Waals surface area contributed by atoms with Crippen molar-refractivity contribution in [3.05, 3.63) is 29.8 Å². The molecule has 0 radical (unpaired) electrons. The van der Waals surface area contributed by atoms with Gasteiger partial charge in [0.15, 0.2) is 0 Å². The van der Waals surface area contributed by atoms with Crippen molar-refractivity contribution in [3.63, 3.8) is 0 Å². The Morgan fingerprint density at radius 3 is 2.72 bits per heavy atom. The van der Waals surface area contributed by atoms with Crippen LogP contribution in [-0.4, -0.2) is 26.2 Å². The second-order valence-electron chi connectivity index (χ2n) is 5.34. The average molecular weight is 246 g/mol. The first-order valence-electron chi connectivity index (χ1n) is 7.34. The van der Waals surface area contributed by atoms with E-state index >= 15 is 0 Å². The number of anilines is 1. The molecule has 0 amide bonds. The highest BCUT2D eigenvalue weighted by atomic mass is 15.2. The van der Waals surface area contributed by atoms with Crippen LogP contribution in [0.1, 0.15) is 38.2 Å². The molecule has 1 fully saturated rings. The van der Waals surface area contributed by atoms with Crippen molar-refractivity contribution in [2.24, 2.45) is 0 Å². The van der Waals surface area contributed by atoms with Gasteiger partial charge in [0.25, 0.3) is 0 Å². The Kier molecular flexibility index (Phi) is 5.06. The summed E-state index contributed by atoms with van der Waals surface area (Å²) in [5.41, 5.74) is 2.86. The number of unbranched alkanes of at least 4 members (excludes halogenated alkanes) is 1. The van der Waals surface area contributed by atoms with Gasteiger partial charge >= 0.3 is 0 Å². The largest absolute Gasteiger partial charge is 0.370 e. The third-order valence-corrected chi connectivity index (χ3v) is 3.95. The second-order valence-corrected chi connectivity index (χ2v) is 5.34. The van der Waals surface area contributed by atoms with E-state index in [1.165, 1.54) is 49.9 Å². The first kappa shape index (κ1) is 13.4. The van der Waals surface area contributed by atoms with Crippen LogP contribution in [-0.2, 0) is 6.42 Å². The van der Waals surface area contributed by atoms with Crippen LogP contribution in [0.5, 0.6) is 0 Å². The first-order valence-corrected chi connectivity index (χ1v) is 7.34. The lowest BCUT2D eigenvalue weighted by atomic mass is 10.0. The Morgan fingerprint density at radius 2 is 2.06 bits per heavy atom. The molecule has 1 aliphatic rings. The molecule has 1 aliphatic heterocycles. The van der Waals surface area contributed by atoms with Crippen molar-refractivity contribution in [3.8, 4) is 0 Å². The standard InChI is InChI=1S/C16H26N2/c1-3-4-6-14-8-10-16(11-9-14)18-12-5-7-15(13-18)17-2/h8-11,15,17H,3-7,12-13H2,1-2H3. The Morgan fingerprint density at radius 1 is 1.28 bits per heavy atom. The van der Waals surface area contributed by atoms with Gasteiger partial charge in [0.1, 0.15) is 0 Å². The molecule has 0 aliphatic carbocycles. The zero-order valence-corrected chi connectivity index (χ0v) is 11.8. The number of hydrogen-bond donors (Lipinski definition) is 1. The maximum absolute atomic E-state index is 3.40. The van der Waals surface area contributed by atoms with Gasteiger partial charge in [-0.2, -0.15) is 0 Å². The van der Waals surface area contributed by atoms with Crippen molar-refractivity contribution in [2.75, 3.05) is 25.0 Å². The molecule has 0 aromatic heterocycles. The molecule has 0 spiro atoms. The van der Waals surface area contributed by atoms with Crippen LogP contribution >= 0.6 is 0 Å². The van der Waals surface area contributed by atoms with Gasteiger partial charge in [-0.25, -0.2) is 0 Å². The van der Waals surface area contributed by atoms with Gasteiger partial charge in [-0.3, -0.25) is 0 Å². The molecule has 1 aromatic rings. The Bertz CT molecular complexity index is 345. The van der Waals surface area contributed by atoms with Gasteiger partial charge in [-0.1, -0.05) is 25.5 Å². The van der Waals surface area contributed by atoms with E-state index in [9.17, 15) is 0 Å². The van der Waals surface area contributed by atoms with Crippen LogP contribution in [0.15, 0.2) is 24.3 Å². The summed E-state index contributed by atoms with van der Waals surface area (Å²) in [6, 6.07) is 9.84. The lowest BCUT2D eigenvalue weighted by molar-refractivity contribution is 0.449. The fourth-order valence-corrected chi connectivity index (χ4v) is 2.70.